The SMILES string of the molecule is CCC1CCC(c2ccc(C3=CCc4cc(OC(F)(F)F)ccc4C3)cc2)C(F)C1. The van der Waals surface area contributed by atoms with E-state index in [0.717, 1.165) is 47.1 Å². The van der Waals surface area contributed by atoms with E-state index in [1.54, 1.807) is 6.07 Å². The summed E-state index contributed by atoms with van der Waals surface area (Å²) in [7, 11) is 0. The molecule has 0 aliphatic heterocycles. The van der Waals surface area contributed by atoms with E-state index in [-0.39, 0.29) is 11.7 Å². The number of allylic oxidation sites excluding steroid dienone is 2. The van der Waals surface area contributed by atoms with Crippen molar-refractivity contribution < 1.29 is 22.3 Å². The summed E-state index contributed by atoms with van der Waals surface area (Å²) in [5.41, 5.74) is 5.15. The third-order valence-corrected chi connectivity index (χ3v) is 6.53. The molecule has 1 nitrogen and oxygen atoms in total. The van der Waals surface area contributed by atoms with Crippen molar-refractivity contribution in [2.45, 2.75) is 63.9 Å². The first-order valence-electron chi connectivity index (χ1n) is 10.6. The largest absolute Gasteiger partial charge is 0.573 e. The Morgan fingerprint density at radius 1 is 1.00 bits per heavy atom. The molecule has 0 spiro atoms. The second-order valence-corrected chi connectivity index (χ2v) is 8.42. The van der Waals surface area contributed by atoms with Crippen LogP contribution in [0.5, 0.6) is 5.75 Å². The smallest absolute Gasteiger partial charge is 0.406 e. The second-order valence-electron chi connectivity index (χ2n) is 8.42. The number of alkyl halides is 4. The fourth-order valence-corrected chi connectivity index (χ4v) is 4.78. The molecule has 2 aliphatic carbocycles. The molecule has 4 rings (SSSR count). The third-order valence-electron chi connectivity index (χ3n) is 6.53. The number of halogens is 4. The van der Waals surface area contributed by atoms with Crippen molar-refractivity contribution in [2.24, 2.45) is 5.92 Å². The van der Waals surface area contributed by atoms with Crippen molar-refractivity contribution >= 4 is 5.57 Å². The van der Waals surface area contributed by atoms with Crippen LogP contribution in [-0.4, -0.2) is 12.5 Å². The van der Waals surface area contributed by atoms with Gasteiger partial charge >= 0.3 is 6.36 Å². The molecule has 160 valence electrons. The molecule has 5 heteroatoms. The zero-order valence-corrected chi connectivity index (χ0v) is 17.0. The molecule has 0 N–H and O–H groups in total. The van der Waals surface area contributed by atoms with E-state index >= 15 is 0 Å². The van der Waals surface area contributed by atoms with Crippen molar-refractivity contribution in [2.75, 3.05) is 0 Å². The van der Waals surface area contributed by atoms with Crippen molar-refractivity contribution in [3.8, 4) is 5.75 Å². The average molecular weight is 418 g/mol. The van der Waals surface area contributed by atoms with Crippen LogP contribution in [0.3, 0.4) is 0 Å². The van der Waals surface area contributed by atoms with Crippen LogP contribution in [0.4, 0.5) is 17.6 Å². The lowest BCUT2D eigenvalue weighted by molar-refractivity contribution is -0.274. The summed E-state index contributed by atoms with van der Waals surface area (Å²) in [6.07, 6.45) is 1.52. The minimum atomic E-state index is -4.68. The van der Waals surface area contributed by atoms with Crippen LogP contribution >= 0.6 is 0 Å². The Morgan fingerprint density at radius 2 is 1.77 bits per heavy atom. The Labute approximate surface area is 174 Å². The summed E-state index contributed by atoms with van der Waals surface area (Å²) in [6, 6.07) is 12.7. The summed E-state index contributed by atoms with van der Waals surface area (Å²) < 4.78 is 55.9. The molecule has 3 atom stereocenters. The van der Waals surface area contributed by atoms with E-state index in [2.05, 4.69) is 17.7 Å². The molecule has 0 amide bonds. The van der Waals surface area contributed by atoms with Crippen LogP contribution in [0, 0.1) is 5.92 Å². The van der Waals surface area contributed by atoms with Crippen LogP contribution in [0.2, 0.25) is 0 Å². The van der Waals surface area contributed by atoms with Gasteiger partial charge in [-0.3, -0.25) is 0 Å². The topological polar surface area (TPSA) is 9.23 Å². The van der Waals surface area contributed by atoms with Crippen LogP contribution in [0.1, 0.15) is 60.8 Å². The van der Waals surface area contributed by atoms with Crippen molar-refractivity contribution in [3.63, 3.8) is 0 Å². The monoisotopic (exact) mass is 418 g/mol. The fourth-order valence-electron chi connectivity index (χ4n) is 4.78. The molecule has 2 aromatic rings. The van der Waals surface area contributed by atoms with Gasteiger partial charge in [-0.1, -0.05) is 49.8 Å². The van der Waals surface area contributed by atoms with Crippen molar-refractivity contribution in [1.29, 1.82) is 0 Å². The van der Waals surface area contributed by atoms with Crippen LogP contribution in [0.25, 0.3) is 5.57 Å². The highest BCUT2D eigenvalue weighted by Crippen LogP contribution is 2.40. The van der Waals surface area contributed by atoms with Gasteiger partial charge in [0, 0.05) is 5.92 Å². The van der Waals surface area contributed by atoms with E-state index in [0.29, 0.717) is 25.2 Å². The van der Waals surface area contributed by atoms with E-state index in [1.807, 2.05) is 24.3 Å². The van der Waals surface area contributed by atoms with Gasteiger partial charge in [0.05, 0.1) is 0 Å². The lowest BCUT2D eigenvalue weighted by Crippen LogP contribution is -2.24. The second kappa shape index (κ2) is 8.44. The molecular formula is C25H26F4O. The fraction of sp³-hybridized carbons (Fsp3) is 0.440. The van der Waals surface area contributed by atoms with Crippen LogP contribution in [0.15, 0.2) is 48.5 Å². The van der Waals surface area contributed by atoms with Gasteiger partial charge in [0.25, 0.3) is 0 Å². The zero-order valence-electron chi connectivity index (χ0n) is 17.0. The highest BCUT2D eigenvalue weighted by Gasteiger charge is 2.32. The highest BCUT2D eigenvalue weighted by molar-refractivity contribution is 5.71. The Hall–Kier alpha value is -2.30. The minimum absolute atomic E-state index is 0.0186. The standard InChI is InChI=1S/C25H26F4O/c1-2-16-3-12-23(24(26)13-16)18-6-4-17(5-7-18)19-8-9-21-15-22(30-25(27,28)29)11-10-20(21)14-19/h4-8,10-11,15-16,23-24H,2-3,9,12-14H2,1H3. The normalized spacial score (nSPS) is 24.2. The van der Waals surface area contributed by atoms with Gasteiger partial charge in [0.2, 0.25) is 0 Å². The number of fused-ring (bicyclic) bond motifs is 1. The first kappa shape index (κ1) is 21.0. The predicted octanol–water partition coefficient (Wildman–Crippen LogP) is 7.40. The number of rotatable bonds is 4. The summed E-state index contributed by atoms with van der Waals surface area (Å²) in [5.74, 6) is 0.307. The Bertz CT molecular complexity index is 914. The molecule has 1 fully saturated rings. The van der Waals surface area contributed by atoms with E-state index in [9.17, 15) is 17.6 Å². The van der Waals surface area contributed by atoms with Crippen LogP contribution in [-0.2, 0) is 12.8 Å². The van der Waals surface area contributed by atoms with E-state index in [1.165, 1.54) is 12.1 Å². The molecular weight excluding hydrogens is 392 g/mol. The first-order chi connectivity index (χ1) is 14.3. The van der Waals surface area contributed by atoms with Crippen LogP contribution < -0.4 is 4.74 Å². The summed E-state index contributed by atoms with van der Waals surface area (Å²) in [4.78, 5) is 0. The summed E-state index contributed by atoms with van der Waals surface area (Å²) in [5, 5.41) is 0. The van der Waals surface area contributed by atoms with Gasteiger partial charge in [-0.2, -0.15) is 0 Å². The molecule has 0 radical (unpaired) electrons. The van der Waals surface area contributed by atoms with Gasteiger partial charge in [-0.15, -0.1) is 13.2 Å². The molecule has 0 aromatic heterocycles. The Morgan fingerprint density at radius 3 is 2.43 bits per heavy atom. The summed E-state index contributed by atoms with van der Waals surface area (Å²) in [6.45, 7) is 2.13. The molecule has 0 bridgehead atoms. The maximum absolute atomic E-state index is 14.6. The quantitative estimate of drug-likeness (QED) is 0.470. The first-order valence-corrected chi connectivity index (χ1v) is 10.6. The molecule has 30 heavy (non-hydrogen) atoms. The number of hydrogen-bond acceptors (Lipinski definition) is 1. The number of benzene rings is 2. The Balaban J connectivity index is 1.45. The maximum atomic E-state index is 14.6. The Kier molecular flexibility index (Phi) is 5.90. The lowest BCUT2D eigenvalue weighted by atomic mass is 9.76. The van der Waals surface area contributed by atoms with Gasteiger partial charge in [0.15, 0.2) is 0 Å². The van der Waals surface area contributed by atoms with Crippen molar-refractivity contribution in [3.05, 3.63) is 70.8 Å². The molecule has 1 saturated carbocycles. The summed E-state index contributed by atoms with van der Waals surface area (Å²) >= 11 is 0. The molecule has 0 heterocycles. The average Bonchev–Trinajstić information content (AvgIpc) is 2.72. The zero-order chi connectivity index (χ0) is 21.3. The number of ether oxygens (including phenoxy) is 1. The molecule has 2 aliphatic rings. The number of hydrogen-bond donors (Lipinski definition) is 0. The maximum Gasteiger partial charge on any atom is 0.573 e. The van der Waals surface area contributed by atoms with Gasteiger partial charge in [-0.25, -0.2) is 4.39 Å². The minimum Gasteiger partial charge on any atom is -0.406 e. The van der Waals surface area contributed by atoms with Crippen molar-refractivity contribution in [1.82, 2.24) is 0 Å². The molecule has 2 aromatic carbocycles. The van der Waals surface area contributed by atoms with Gasteiger partial charge < -0.3 is 4.74 Å². The van der Waals surface area contributed by atoms with E-state index in [4.69, 9.17) is 0 Å². The van der Waals surface area contributed by atoms with Gasteiger partial charge in [-0.05, 0) is 78.0 Å². The lowest BCUT2D eigenvalue weighted by Gasteiger charge is -2.31. The van der Waals surface area contributed by atoms with Gasteiger partial charge in [0.1, 0.15) is 11.9 Å². The highest BCUT2D eigenvalue weighted by atomic mass is 19.4. The molecule has 3 unspecified atom stereocenters. The predicted molar refractivity (Wildman–Crippen MR) is 110 cm³/mol. The molecule has 0 saturated heterocycles. The third kappa shape index (κ3) is 4.71. The van der Waals surface area contributed by atoms with E-state index < -0.39 is 12.5 Å².